The number of hydrogen-bond acceptors (Lipinski definition) is 4. The Hall–Kier alpha value is -2.71. The molecule has 1 amide bonds. The molecular formula is C19H20ClFN3O4+. The first-order valence-electron chi connectivity index (χ1n) is 8.78. The quantitative estimate of drug-likeness (QED) is 0.606. The van der Waals surface area contributed by atoms with E-state index in [4.69, 9.17) is 16.3 Å². The summed E-state index contributed by atoms with van der Waals surface area (Å²) >= 11 is 5.92. The third-order valence-corrected chi connectivity index (χ3v) is 5.06. The number of carbonyl (C=O) groups excluding carboxylic acids is 1. The molecule has 9 heteroatoms. The van der Waals surface area contributed by atoms with Gasteiger partial charge in [-0.1, -0.05) is 11.6 Å². The Morgan fingerprint density at radius 3 is 2.64 bits per heavy atom. The lowest BCUT2D eigenvalue weighted by molar-refractivity contribution is -0.917. The zero-order chi connectivity index (χ0) is 20.3. The number of amides is 1. The minimum absolute atomic E-state index is 0.00671. The lowest BCUT2D eigenvalue weighted by atomic mass is 10.1. The van der Waals surface area contributed by atoms with E-state index in [0.717, 1.165) is 5.56 Å². The molecule has 3 rings (SSSR count). The van der Waals surface area contributed by atoms with Crippen LogP contribution >= 0.6 is 11.6 Å². The van der Waals surface area contributed by atoms with E-state index in [-0.39, 0.29) is 22.1 Å². The summed E-state index contributed by atoms with van der Waals surface area (Å²) in [5.74, 6) is -0.101. The lowest BCUT2D eigenvalue weighted by Gasteiger charge is -2.32. The van der Waals surface area contributed by atoms with Crippen molar-refractivity contribution in [2.75, 3.05) is 33.3 Å². The maximum absolute atomic E-state index is 13.5. The normalized spacial score (nSPS) is 14.8. The fourth-order valence-corrected chi connectivity index (χ4v) is 3.54. The number of hydrogen-bond donors (Lipinski definition) is 1. The maximum atomic E-state index is 13.5. The molecule has 0 atom stereocenters. The van der Waals surface area contributed by atoms with Crippen LogP contribution in [0.3, 0.4) is 0 Å². The summed E-state index contributed by atoms with van der Waals surface area (Å²) in [6.45, 7) is 2.73. The largest absolute Gasteiger partial charge is 0.496 e. The fourth-order valence-electron chi connectivity index (χ4n) is 3.37. The van der Waals surface area contributed by atoms with Gasteiger partial charge in [0.25, 0.3) is 11.6 Å². The van der Waals surface area contributed by atoms with Gasteiger partial charge in [0, 0.05) is 11.1 Å². The molecule has 1 saturated heterocycles. The summed E-state index contributed by atoms with van der Waals surface area (Å²) in [5.41, 5.74) is 0.504. The number of ether oxygens (including phenoxy) is 1. The Bertz CT molecular complexity index is 901. The SMILES string of the molecule is COc1ccc(F)cc1C[NH+]1CCN(C(=O)c2cc(Cl)ccc2[N+](=O)[O-])CC1. The van der Waals surface area contributed by atoms with Gasteiger partial charge in [-0.3, -0.25) is 14.9 Å². The molecule has 1 N–H and O–H groups in total. The Balaban J connectivity index is 1.68. The van der Waals surface area contributed by atoms with Crippen molar-refractivity contribution >= 4 is 23.2 Å². The van der Waals surface area contributed by atoms with Crippen LogP contribution < -0.4 is 9.64 Å². The molecule has 0 bridgehead atoms. The molecule has 1 aliphatic heterocycles. The molecule has 0 spiro atoms. The van der Waals surface area contributed by atoms with Crippen LogP contribution in [0.1, 0.15) is 15.9 Å². The van der Waals surface area contributed by atoms with E-state index >= 15 is 0 Å². The molecule has 2 aromatic carbocycles. The highest BCUT2D eigenvalue weighted by Crippen LogP contribution is 2.24. The van der Waals surface area contributed by atoms with E-state index in [1.54, 1.807) is 18.1 Å². The molecule has 28 heavy (non-hydrogen) atoms. The second-order valence-corrected chi connectivity index (χ2v) is 7.03. The van der Waals surface area contributed by atoms with E-state index in [0.29, 0.717) is 38.5 Å². The van der Waals surface area contributed by atoms with Crippen LogP contribution in [-0.2, 0) is 6.54 Å². The van der Waals surface area contributed by atoms with Gasteiger partial charge in [0.2, 0.25) is 0 Å². The van der Waals surface area contributed by atoms with Crippen molar-refractivity contribution in [1.82, 2.24) is 4.90 Å². The number of methoxy groups -OCH3 is 1. The van der Waals surface area contributed by atoms with Crippen LogP contribution in [0.25, 0.3) is 0 Å². The summed E-state index contributed by atoms with van der Waals surface area (Å²) < 4.78 is 18.8. The molecule has 1 heterocycles. The molecule has 0 unspecified atom stereocenters. The first-order chi connectivity index (χ1) is 13.4. The summed E-state index contributed by atoms with van der Waals surface area (Å²) in [7, 11) is 1.54. The van der Waals surface area contributed by atoms with Gasteiger partial charge in [0.15, 0.2) is 0 Å². The Morgan fingerprint density at radius 2 is 2.00 bits per heavy atom. The number of nitro groups is 1. The van der Waals surface area contributed by atoms with Gasteiger partial charge < -0.3 is 14.5 Å². The van der Waals surface area contributed by atoms with Crippen molar-refractivity contribution in [3.05, 3.63) is 68.5 Å². The highest BCUT2D eigenvalue weighted by atomic mass is 35.5. The minimum Gasteiger partial charge on any atom is -0.496 e. The van der Waals surface area contributed by atoms with Crippen LogP contribution in [0.2, 0.25) is 5.02 Å². The summed E-state index contributed by atoms with van der Waals surface area (Å²) in [6, 6.07) is 8.38. The molecule has 1 fully saturated rings. The van der Waals surface area contributed by atoms with Crippen molar-refractivity contribution in [2.45, 2.75) is 6.54 Å². The fraction of sp³-hybridized carbons (Fsp3) is 0.316. The number of nitro benzene ring substituents is 1. The Labute approximate surface area is 166 Å². The van der Waals surface area contributed by atoms with E-state index in [1.807, 2.05) is 0 Å². The molecule has 2 aromatic rings. The second-order valence-electron chi connectivity index (χ2n) is 6.59. The first-order valence-corrected chi connectivity index (χ1v) is 9.16. The molecule has 0 saturated carbocycles. The van der Waals surface area contributed by atoms with Gasteiger partial charge in [0.05, 0.1) is 43.8 Å². The lowest BCUT2D eigenvalue weighted by Crippen LogP contribution is -3.13. The molecular weight excluding hydrogens is 389 g/mol. The highest BCUT2D eigenvalue weighted by molar-refractivity contribution is 6.31. The van der Waals surface area contributed by atoms with Crippen molar-refractivity contribution in [1.29, 1.82) is 0 Å². The summed E-state index contributed by atoms with van der Waals surface area (Å²) in [4.78, 5) is 26.2. The van der Waals surface area contributed by atoms with E-state index in [1.165, 1.54) is 35.2 Å². The molecule has 7 nitrogen and oxygen atoms in total. The van der Waals surface area contributed by atoms with E-state index < -0.39 is 10.8 Å². The predicted octanol–water partition coefficient (Wildman–Crippen LogP) is 1.94. The third-order valence-electron chi connectivity index (χ3n) is 4.83. The Kier molecular flexibility index (Phi) is 6.11. The monoisotopic (exact) mass is 408 g/mol. The smallest absolute Gasteiger partial charge is 0.282 e. The van der Waals surface area contributed by atoms with Crippen LogP contribution in [0.4, 0.5) is 10.1 Å². The van der Waals surface area contributed by atoms with Gasteiger partial charge in [-0.05, 0) is 30.3 Å². The summed E-state index contributed by atoms with van der Waals surface area (Å²) in [6.07, 6.45) is 0. The van der Waals surface area contributed by atoms with Gasteiger partial charge in [-0.2, -0.15) is 0 Å². The average Bonchev–Trinajstić information content (AvgIpc) is 2.68. The number of nitrogens with zero attached hydrogens (tertiary/aromatic N) is 2. The van der Waals surface area contributed by atoms with Crippen LogP contribution in [-0.4, -0.2) is 49.0 Å². The zero-order valence-electron chi connectivity index (χ0n) is 15.3. The van der Waals surface area contributed by atoms with E-state index in [9.17, 15) is 19.3 Å². The molecule has 0 radical (unpaired) electrons. The molecule has 1 aliphatic rings. The van der Waals surface area contributed by atoms with Gasteiger partial charge >= 0.3 is 0 Å². The zero-order valence-corrected chi connectivity index (χ0v) is 16.0. The molecule has 0 aliphatic carbocycles. The number of rotatable bonds is 5. The van der Waals surface area contributed by atoms with Crippen LogP contribution in [0.5, 0.6) is 5.75 Å². The Morgan fingerprint density at radius 1 is 1.29 bits per heavy atom. The highest BCUT2D eigenvalue weighted by Gasteiger charge is 2.29. The van der Waals surface area contributed by atoms with Crippen molar-refractivity contribution in [3.8, 4) is 5.75 Å². The number of piperazine rings is 1. The number of carbonyl (C=O) groups is 1. The number of quaternary nitrogens is 1. The van der Waals surface area contributed by atoms with Gasteiger partial charge in [0.1, 0.15) is 23.7 Å². The van der Waals surface area contributed by atoms with Gasteiger partial charge in [-0.25, -0.2) is 4.39 Å². The number of benzene rings is 2. The third kappa shape index (κ3) is 4.40. The standard InChI is InChI=1S/C19H19ClFN3O4/c1-28-18-5-3-15(21)10-13(18)12-22-6-8-23(9-7-22)19(25)16-11-14(20)2-4-17(16)24(26)27/h2-5,10-11H,6-9,12H2,1H3/p+1. The molecule has 0 aromatic heterocycles. The van der Waals surface area contributed by atoms with Crippen molar-refractivity contribution in [3.63, 3.8) is 0 Å². The number of halogens is 2. The number of nitrogens with one attached hydrogen (secondary N) is 1. The molecule has 148 valence electrons. The second kappa shape index (κ2) is 8.53. The van der Waals surface area contributed by atoms with Gasteiger partial charge in [-0.15, -0.1) is 0 Å². The first kappa shape index (κ1) is 20.0. The maximum Gasteiger partial charge on any atom is 0.282 e. The minimum atomic E-state index is -0.582. The van der Waals surface area contributed by atoms with Crippen LogP contribution in [0, 0.1) is 15.9 Å². The van der Waals surface area contributed by atoms with Crippen LogP contribution in [0.15, 0.2) is 36.4 Å². The average molecular weight is 409 g/mol. The topological polar surface area (TPSA) is 77.1 Å². The summed E-state index contributed by atoms with van der Waals surface area (Å²) in [5, 5.41) is 11.5. The van der Waals surface area contributed by atoms with Crippen molar-refractivity contribution < 1.29 is 23.7 Å². The predicted molar refractivity (Wildman–Crippen MR) is 101 cm³/mol. The van der Waals surface area contributed by atoms with E-state index in [2.05, 4.69) is 0 Å². The van der Waals surface area contributed by atoms with Crippen molar-refractivity contribution in [2.24, 2.45) is 0 Å².